The number of thioether (sulfide) groups is 1. The van der Waals surface area contributed by atoms with Crippen LogP contribution in [0.5, 0.6) is 11.5 Å². The van der Waals surface area contributed by atoms with Crippen LogP contribution in [-0.2, 0) is 9.59 Å². The monoisotopic (exact) mass is 692 g/mol. The summed E-state index contributed by atoms with van der Waals surface area (Å²) in [6.45, 7) is 4.22. The lowest BCUT2D eigenvalue weighted by molar-refractivity contribution is -0.114. The number of amides is 3. The van der Waals surface area contributed by atoms with E-state index in [-0.39, 0.29) is 17.4 Å². The van der Waals surface area contributed by atoms with Crippen LogP contribution in [0.3, 0.4) is 0 Å². The Kier molecular flexibility index (Phi) is 11.9. The molecular weight excluding hydrogens is 657 g/mol. The van der Waals surface area contributed by atoms with E-state index in [1.165, 1.54) is 28.7 Å². The van der Waals surface area contributed by atoms with Gasteiger partial charge in [0.05, 0.1) is 25.7 Å². The number of methoxy groups -OCH3 is 2. The van der Waals surface area contributed by atoms with E-state index in [4.69, 9.17) is 9.47 Å². The van der Waals surface area contributed by atoms with Crippen molar-refractivity contribution in [2.75, 3.05) is 30.6 Å². The molecule has 0 aliphatic carbocycles. The zero-order chi connectivity index (χ0) is 34.8. The predicted octanol–water partition coefficient (Wildman–Crippen LogP) is 8.09. The molecule has 11 heteroatoms. The minimum Gasteiger partial charge on any atom is -0.493 e. The number of nitrogens with zero attached hydrogens (tertiary/aromatic N) is 1. The Morgan fingerprint density at radius 1 is 0.857 bits per heavy atom. The maximum absolute atomic E-state index is 13.5. The lowest BCUT2D eigenvalue weighted by Crippen LogP contribution is -2.30. The van der Waals surface area contributed by atoms with Crippen LogP contribution in [0.1, 0.15) is 41.3 Å². The van der Waals surface area contributed by atoms with E-state index in [1.807, 2.05) is 60.0 Å². The third-order valence-electron chi connectivity index (χ3n) is 7.33. The van der Waals surface area contributed by atoms with Gasteiger partial charge < -0.3 is 25.4 Å². The lowest BCUT2D eigenvalue weighted by Gasteiger charge is -2.12. The van der Waals surface area contributed by atoms with E-state index in [1.54, 1.807) is 62.8 Å². The van der Waals surface area contributed by atoms with Crippen LogP contribution < -0.4 is 25.4 Å². The van der Waals surface area contributed by atoms with Crippen LogP contribution in [-0.4, -0.2) is 42.7 Å². The van der Waals surface area contributed by atoms with Crippen molar-refractivity contribution in [3.63, 3.8) is 0 Å². The van der Waals surface area contributed by atoms with Crippen LogP contribution in [0.25, 0.3) is 17.3 Å². The van der Waals surface area contributed by atoms with Crippen LogP contribution >= 0.6 is 23.1 Å². The highest BCUT2D eigenvalue weighted by Gasteiger charge is 2.16. The molecule has 0 saturated heterocycles. The SMILES string of the molecule is COc1ccc(-c2csc(NC(=O)CSc3cccc(NC(=O)/C(=C\c4ccc(C(C)C)cc4)NC(=O)c4ccccc4)c3)n2)cc1OC. The van der Waals surface area contributed by atoms with Gasteiger partial charge in [0.1, 0.15) is 5.70 Å². The first-order chi connectivity index (χ1) is 23.7. The maximum Gasteiger partial charge on any atom is 0.272 e. The summed E-state index contributed by atoms with van der Waals surface area (Å²) in [6, 6.07) is 29.3. The van der Waals surface area contributed by atoms with Gasteiger partial charge in [-0.15, -0.1) is 23.1 Å². The summed E-state index contributed by atoms with van der Waals surface area (Å²) < 4.78 is 10.7. The first kappa shape index (κ1) is 34.9. The summed E-state index contributed by atoms with van der Waals surface area (Å²) in [7, 11) is 3.15. The summed E-state index contributed by atoms with van der Waals surface area (Å²) in [5.41, 5.74) is 4.54. The molecule has 0 unspecified atom stereocenters. The van der Waals surface area contributed by atoms with Gasteiger partial charge in [-0.25, -0.2) is 4.98 Å². The number of nitrogens with one attached hydrogen (secondary N) is 3. The number of hydrogen-bond donors (Lipinski definition) is 3. The van der Waals surface area contributed by atoms with Crippen LogP contribution in [0, 0.1) is 0 Å². The molecule has 5 aromatic rings. The molecular formula is C38H36N4O5S2. The standard InChI is InChI=1S/C38H36N4O5S2/c1-24(2)26-15-13-25(14-16-26)19-31(40-36(44)27-9-6-5-7-10-27)37(45)39-29-11-8-12-30(21-29)48-23-35(43)42-38-41-32(22-49-38)28-17-18-33(46-3)34(20-28)47-4/h5-22,24H,23H2,1-4H3,(H,39,45)(H,40,44)(H,41,42,43)/b31-19+. The van der Waals surface area contributed by atoms with E-state index in [0.29, 0.717) is 39.5 Å². The Morgan fingerprint density at radius 3 is 2.33 bits per heavy atom. The summed E-state index contributed by atoms with van der Waals surface area (Å²) in [6.07, 6.45) is 1.65. The average Bonchev–Trinajstić information content (AvgIpc) is 3.59. The van der Waals surface area contributed by atoms with Gasteiger partial charge in [0.2, 0.25) is 5.91 Å². The second kappa shape index (κ2) is 16.6. The summed E-state index contributed by atoms with van der Waals surface area (Å²) in [5.74, 6) is 0.616. The number of aromatic nitrogens is 1. The second-order valence-corrected chi connectivity index (χ2v) is 13.0. The molecule has 0 saturated carbocycles. The summed E-state index contributed by atoms with van der Waals surface area (Å²) in [4.78, 5) is 44.7. The van der Waals surface area contributed by atoms with Gasteiger partial charge >= 0.3 is 0 Å². The highest BCUT2D eigenvalue weighted by atomic mass is 32.2. The number of carbonyl (C=O) groups is 3. The van der Waals surface area contributed by atoms with Crippen molar-refractivity contribution >= 4 is 57.7 Å². The fraction of sp³-hybridized carbons (Fsp3) is 0.158. The molecule has 250 valence electrons. The van der Waals surface area contributed by atoms with E-state index < -0.39 is 11.8 Å². The molecule has 0 spiro atoms. The highest BCUT2D eigenvalue weighted by molar-refractivity contribution is 8.00. The van der Waals surface area contributed by atoms with Gasteiger partial charge in [0.15, 0.2) is 16.6 Å². The number of ether oxygens (including phenoxy) is 2. The zero-order valence-corrected chi connectivity index (χ0v) is 29.1. The van der Waals surface area contributed by atoms with Crippen molar-refractivity contribution in [2.24, 2.45) is 0 Å². The van der Waals surface area contributed by atoms with Gasteiger partial charge in [-0.05, 0) is 71.7 Å². The smallest absolute Gasteiger partial charge is 0.272 e. The summed E-state index contributed by atoms with van der Waals surface area (Å²) in [5, 5.41) is 10.9. The largest absolute Gasteiger partial charge is 0.493 e. The number of anilines is 2. The fourth-order valence-corrected chi connectivity index (χ4v) is 6.20. The van der Waals surface area contributed by atoms with Gasteiger partial charge in [0, 0.05) is 27.1 Å². The van der Waals surface area contributed by atoms with Gasteiger partial charge in [-0.2, -0.15) is 0 Å². The number of rotatable bonds is 13. The molecule has 0 atom stereocenters. The summed E-state index contributed by atoms with van der Waals surface area (Å²) >= 11 is 2.65. The minimum absolute atomic E-state index is 0.0967. The Hall–Kier alpha value is -5.39. The number of carbonyl (C=O) groups excluding carboxylic acids is 3. The Bertz CT molecular complexity index is 1960. The van der Waals surface area contributed by atoms with Crippen molar-refractivity contribution in [1.82, 2.24) is 10.3 Å². The highest BCUT2D eigenvalue weighted by Crippen LogP contribution is 2.33. The van der Waals surface area contributed by atoms with Crippen molar-refractivity contribution < 1.29 is 23.9 Å². The molecule has 49 heavy (non-hydrogen) atoms. The first-order valence-electron chi connectivity index (χ1n) is 15.4. The van der Waals surface area contributed by atoms with Gasteiger partial charge in [-0.3, -0.25) is 14.4 Å². The van der Waals surface area contributed by atoms with Gasteiger partial charge in [-0.1, -0.05) is 62.4 Å². The normalized spacial score (nSPS) is 11.2. The molecule has 3 amide bonds. The van der Waals surface area contributed by atoms with Crippen molar-refractivity contribution in [2.45, 2.75) is 24.7 Å². The Balaban J connectivity index is 1.23. The van der Waals surface area contributed by atoms with E-state index >= 15 is 0 Å². The third kappa shape index (κ3) is 9.59. The molecule has 0 aliphatic rings. The molecule has 0 bridgehead atoms. The molecule has 0 radical (unpaired) electrons. The first-order valence-corrected chi connectivity index (χ1v) is 17.3. The molecule has 1 aromatic heterocycles. The number of benzene rings is 4. The molecule has 1 heterocycles. The number of hydrogen-bond acceptors (Lipinski definition) is 8. The topological polar surface area (TPSA) is 119 Å². The third-order valence-corrected chi connectivity index (χ3v) is 9.09. The van der Waals surface area contributed by atoms with Crippen molar-refractivity contribution in [1.29, 1.82) is 0 Å². The maximum atomic E-state index is 13.5. The van der Waals surface area contributed by atoms with E-state index in [2.05, 4.69) is 34.8 Å². The Labute approximate surface area is 293 Å². The lowest BCUT2D eigenvalue weighted by atomic mass is 10.0. The molecule has 5 rings (SSSR count). The Morgan fingerprint density at radius 2 is 1.61 bits per heavy atom. The zero-order valence-electron chi connectivity index (χ0n) is 27.5. The minimum atomic E-state index is -0.480. The fourth-order valence-electron chi connectivity index (χ4n) is 4.71. The van der Waals surface area contributed by atoms with Gasteiger partial charge in [0.25, 0.3) is 11.8 Å². The van der Waals surface area contributed by atoms with E-state index in [9.17, 15) is 14.4 Å². The molecule has 9 nitrogen and oxygen atoms in total. The number of thiazole rings is 1. The van der Waals surface area contributed by atoms with E-state index in [0.717, 1.165) is 16.0 Å². The molecule has 4 aromatic carbocycles. The van der Waals surface area contributed by atoms with Crippen molar-refractivity contribution in [3.05, 3.63) is 125 Å². The van der Waals surface area contributed by atoms with Crippen LogP contribution in [0.15, 0.2) is 113 Å². The predicted molar refractivity (Wildman–Crippen MR) is 197 cm³/mol. The molecule has 3 N–H and O–H groups in total. The van der Waals surface area contributed by atoms with Crippen LogP contribution in [0.4, 0.5) is 10.8 Å². The quantitative estimate of drug-likeness (QED) is 0.0843. The van der Waals surface area contributed by atoms with Crippen LogP contribution in [0.2, 0.25) is 0 Å². The average molecular weight is 693 g/mol. The van der Waals surface area contributed by atoms with Crippen molar-refractivity contribution in [3.8, 4) is 22.8 Å². The molecule has 0 aliphatic heterocycles. The second-order valence-electron chi connectivity index (χ2n) is 11.1. The molecule has 0 fully saturated rings.